The number of β-amino-alcohol motifs (C(OH)–C–C–N with tert-alkyl or cyclic N) is 1. The summed E-state index contributed by atoms with van der Waals surface area (Å²) in [5.41, 5.74) is 4.20. The third kappa shape index (κ3) is 5.90. The SMILES string of the molecule is O=C(c1ccc(CN2CCN(C[C@H](O)CN3CCc4ccccc4C3)C2O)nc1)N1CCCCC1. The minimum absolute atomic E-state index is 0.0577. The van der Waals surface area contributed by atoms with E-state index < -0.39 is 12.5 Å². The number of likely N-dealkylation sites (tertiary alicyclic amines) is 1. The first kappa shape index (κ1) is 24.3. The minimum atomic E-state index is -0.747. The molecule has 0 aliphatic carbocycles. The third-order valence-electron chi connectivity index (χ3n) is 7.53. The van der Waals surface area contributed by atoms with E-state index in [0.29, 0.717) is 38.3 Å². The molecule has 2 aromatic rings. The molecule has 2 N–H and O–H groups in total. The van der Waals surface area contributed by atoms with Crippen LogP contribution in [0.15, 0.2) is 42.6 Å². The first-order chi connectivity index (χ1) is 17.1. The number of hydrogen-bond donors (Lipinski definition) is 2. The molecule has 1 amide bonds. The Morgan fingerprint density at radius 1 is 0.943 bits per heavy atom. The Labute approximate surface area is 207 Å². The molecule has 3 aliphatic rings. The normalized spacial score (nSPS) is 22.8. The molecule has 0 spiro atoms. The summed E-state index contributed by atoms with van der Waals surface area (Å²) in [5.74, 6) is 0.0577. The molecule has 4 heterocycles. The summed E-state index contributed by atoms with van der Waals surface area (Å²) >= 11 is 0. The maximum absolute atomic E-state index is 12.7. The number of rotatable bonds is 7. The van der Waals surface area contributed by atoms with E-state index in [-0.39, 0.29) is 5.91 Å². The van der Waals surface area contributed by atoms with Gasteiger partial charge in [-0.2, -0.15) is 0 Å². The summed E-state index contributed by atoms with van der Waals surface area (Å²) in [5, 5.41) is 21.6. The Kier molecular flexibility index (Phi) is 7.75. The second-order valence-electron chi connectivity index (χ2n) is 10.1. The van der Waals surface area contributed by atoms with Crippen LogP contribution in [0.4, 0.5) is 0 Å². The second kappa shape index (κ2) is 11.1. The Bertz CT molecular complexity index is 995. The van der Waals surface area contributed by atoms with Crippen molar-refractivity contribution in [2.75, 3.05) is 45.8 Å². The highest BCUT2D eigenvalue weighted by Gasteiger charge is 2.32. The van der Waals surface area contributed by atoms with Crippen molar-refractivity contribution in [2.45, 2.75) is 51.2 Å². The van der Waals surface area contributed by atoms with Crippen molar-refractivity contribution < 1.29 is 15.0 Å². The topological polar surface area (TPSA) is 83.4 Å². The largest absolute Gasteiger partial charge is 0.390 e. The van der Waals surface area contributed by atoms with Gasteiger partial charge in [-0.25, -0.2) is 0 Å². The Balaban J connectivity index is 1.09. The zero-order valence-corrected chi connectivity index (χ0v) is 20.4. The van der Waals surface area contributed by atoms with Gasteiger partial charge in [-0.15, -0.1) is 0 Å². The summed E-state index contributed by atoms with van der Waals surface area (Å²) in [7, 11) is 0. The number of amides is 1. The van der Waals surface area contributed by atoms with Gasteiger partial charge < -0.3 is 15.1 Å². The Morgan fingerprint density at radius 2 is 1.71 bits per heavy atom. The van der Waals surface area contributed by atoms with Gasteiger partial charge in [0.15, 0.2) is 6.35 Å². The van der Waals surface area contributed by atoms with Crippen molar-refractivity contribution >= 4 is 5.91 Å². The van der Waals surface area contributed by atoms with Crippen LogP contribution in [0.3, 0.4) is 0 Å². The fraction of sp³-hybridized carbons (Fsp3) is 0.556. The molecule has 1 aromatic carbocycles. The molecule has 0 saturated carbocycles. The second-order valence-corrected chi connectivity index (χ2v) is 10.1. The molecule has 5 rings (SSSR count). The van der Waals surface area contributed by atoms with Gasteiger partial charge in [0.05, 0.1) is 17.4 Å². The van der Waals surface area contributed by atoms with Crippen LogP contribution in [0.5, 0.6) is 0 Å². The molecule has 3 aliphatic heterocycles. The number of carbonyl (C=O) groups is 1. The molecule has 35 heavy (non-hydrogen) atoms. The summed E-state index contributed by atoms with van der Waals surface area (Å²) in [4.78, 5) is 25.3. The molecule has 8 nitrogen and oxygen atoms in total. The molecule has 2 saturated heterocycles. The fourth-order valence-corrected chi connectivity index (χ4v) is 5.53. The molecular weight excluding hydrogens is 442 g/mol. The number of fused-ring (bicyclic) bond motifs is 1. The van der Waals surface area contributed by atoms with E-state index >= 15 is 0 Å². The van der Waals surface area contributed by atoms with Gasteiger partial charge in [-0.3, -0.25) is 24.5 Å². The molecule has 0 radical (unpaired) electrons. The van der Waals surface area contributed by atoms with Crippen LogP contribution >= 0.6 is 0 Å². The predicted molar refractivity (Wildman–Crippen MR) is 133 cm³/mol. The van der Waals surface area contributed by atoms with Crippen LogP contribution in [0, 0.1) is 0 Å². The predicted octanol–water partition coefficient (Wildman–Crippen LogP) is 1.52. The average molecular weight is 480 g/mol. The summed E-state index contributed by atoms with van der Waals surface area (Å²) < 4.78 is 0. The lowest BCUT2D eigenvalue weighted by Crippen LogP contribution is -2.45. The van der Waals surface area contributed by atoms with E-state index in [1.807, 2.05) is 26.8 Å². The van der Waals surface area contributed by atoms with Crippen molar-refractivity contribution in [1.29, 1.82) is 0 Å². The number of benzene rings is 1. The number of aliphatic hydroxyl groups excluding tert-OH is 2. The van der Waals surface area contributed by atoms with Crippen molar-refractivity contribution in [3.05, 3.63) is 65.0 Å². The molecule has 1 unspecified atom stereocenters. The molecule has 2 atom stereocenters. The van der Waals surface area contributed by atoms with Crippen LogP contribution in [0.1, 0.15) is 46.4 Å². The summed E-state index contributed by atoms with van der Waals surface area (Å²) in [6.07, 6.45) is 4.74. The number of hydrogen-bond acceptors (Lipinski definition) is 7. The van der Waals surface area contributed by atoms with Crippen LogP contribution in [0.25, 0.3) is 0 Å². The zero-order valence-electron chi connectivity index (χ0n) is 20.4. The van der Waals surface area contributed by atoms with Crippen LogP contribution in [-0.2, 0) is 19.5 Å². The maximum Gasteiger partial charge on any atom is 0.255 e. The number of pyridine rings is 1. The molecule has 1 aromatic heterocycles. The van der Waals surface area contributed by atoms with Gasteiger partial charge in [-0.1, -0.05) is 24.3 Å². The minimum Gasteiger partial charge on any atom is -0.390 e. The highest BCUT2D eigenvalue weighted by atomic mass is 16.3. The van der Waals surface area contributed by atoms with Gasteiger partial charge in [0.2, 0.25) is 0 Å². The fourth-order valence-electron chi connectivity index (χ4n) is 5.53. The van der Waals surface area contributed by atoms with Crippen LogP contribution in [-0.4, -0.2) is 99.0 Å². The van der Waals surface area contributed by atoms with Gasteiger partial charge in [0.1, 0.15) is 0 Å². The van der Waals surface area contributed by atoms with Crippen molar-refractivity contribution in [3.63, 3.8) is 0 Å². The van der Waals surface area contributed by atoms with E-state index in [0.717, 1.165) is 51.1 Å². The highest BCUT2D eigenvalue weighted by molar-refractivity contribution is 5.93. The first-order valence-electron chi connectivity index (χ1n) is 12.9. The molecule has 8 heteroatoms. The van der Waals surface area contributed by atoms with Crippen LogP contribution < -0.4 is 0 Å². The van der Waals surface area contributed by atoms with E-state index in [1.165, 1.54) is 17.5 Å². The van der Waals surface area contributed by atoms with Gasteiger partial charge >= 0.3 is 0 Å². The average Bonchev–Trinajstić information content (AvgIpc) is 3.23. The van der Waals surface area contributed by atoms with Gasteiger partial charge in [0.25, 0.3) is 5.91 Å². The molecule has 0 bridgehead atoms. The Morgan fingerprint density at radius 3 is 2.49 bits per heavy atom. The number of nitrogens with zero attached hydrogens (tertiary/aromatic N) is 5. The third-order valence-corrected chi connectivity index (χ3v) is 7.53. The molecule has 188 valence electrons. The standard InChI is InChI=1S/C27H37N5O3/c33-25(19-29-13-10-21-6-2-3-7-23(21)17-29)20-32-15-14-31(27(32)35)18-24-9-8-22(16-28-24)26(34)30-11-4-1-5-12-30/h2-3,6-9,16,25,27,33,35H,1,4-5,10-15,17-20H2/t25-,27?/m1/s1. The number of aliphatic hydroxyl groups is 2. The van der Waals surface area contributed by atoms with E-state index in [2.05, 4.69) is 34.1 Å². The number of piperidine rings is 1. The zero-order chi connectivity index (χ0) is 24.2. The number of carbonyl (C=O) groups excluding carboxylic acids is 1. The number of aromatic nitrogens is 1. The van der Waals surface area contributed by atoms with E-state index in [4.69, 9.17) is 0 Å². The van der Waals surface area contributed by atoms with Crippen molar-refractivity contribution in [2.24, 2.45) is 0 Å². The Hall–Kier alpha value is -2.36. The van der Waals surface area contributed by atoms with Gasteiger partial charge in [-0.05, 0) is 48.9 Å². The first-order valence-corrected chi connectivity index (χ1v) is 12.9. The summed E-state index contributed by atoms with van der Waals surface area (Å²) in [6.45, 7) is 6.43. The smallest absolute Gasteiger partial charge is 0.255 e. The lowest BCUT2D eigenvalue weighted by Gasteiger charge is -2.32. The van der Waals surface area contributed by atoms with Gasteiger partial charge in [0, 0.05) is 65.1 Å². The van der Waals surface area contributed by atoms with E-state index in [1.54, 1.807) is 6.20 Å². The van der Waals surface area contributed by atoms with E-state index in [9.17, 15) is 15.0 Å². The highest BCUT2D eigenvalue weighted by Crippen LogP contribution is 2.20. The molecular formula is C27H37N5O3. The van der Waals surface area contributed by atoms with Crippen molar-refractivity contribution in [1.82, 2.24) is 24.6 Å². The monoisotopic (exact) mass is 479 g/mol. The maximum atomic E-state index is 12.7. The van der Waals surface area contributed by atoms with Crippen LogP contribution in [0.2, 0.25) is 0 Å². The summed E-state index contributed by atoms with van der Waals surface area (Å²) in [6, 6.07) is 12.2. The lowest BCUT2D eigenvalue weighted by atomic mass is 10.00. The quantitative estimate of drug-likeness (QED) is 0.623. The van der Waals surface area contributed by atoms with Crippen molar-refractivity contribution in [3.8, 4) is 0 Å². The molecule has 2 fully saturated rings. The lowest BCUT2D eigenvalue weighted by molar-refractivity contribution is -0.0765.